The van der Waals surface area contributed by atoms with Crippen LogP contribution in [0, 0.1) is 5.92 Å². The minimum Gasteiger partial charge on any atom is -0.480 e. The van der Waals surface area contributed by atoms with Gasteiger partial charge in [-0.1, -0.05) is 6.42 Å². The van der Waals surface area contributed by atoms with E-state index in [1.807, 2.05) is 25.7 Å². The van der Waals surface area contributed by atoms with Crippen LogP contribution < -0.4 is 5.32 Å². The molecule has 2 N–H and O–H groups in total. The summed E-state index contributed by atoms with van der Waals surface area (Å²) in [6.07, 6.45) is 4.81. The Morgan fingerprint density at radius 1 is 1.22 bits per heavy atom. The highest BCUT2D eigenvalue weighted by atomic mass is 16.6. The number of nitrogens with one attached hydrogen (secondary N) is 1. The van der Waals surface area contributed by atoms with Crippen LogP contribution in [-0.4, -0.2) is 52.3 Å². The van der Waals surface area contributed by atoms with Crippen LogP contribution in [0.1, 0.15) is 59.8 Å². The first-order valence-corrected chi connectivity index (χ1v) is 8.67. The molecular formula is C17H30N2O4. The molecule has 0 bridgehead atoms. The summed E-state index contributed by atoms with van der Waals surface area (Å²) in [6.45, 7) is 8.05. The molecule has 6 heteroatoms. The van der Waals surface area contributed by atoms with Gasteiger partial charge in [0.1, 0.15) is 11.6 Å². The van der Waals surface area contributed by atoms with E-state index in [1.54, 1.807) is 6.92 Å². The van der Waals surface area contributed by atoms with Crippen molar-refractivity contribution < 1.29 is 19.4 Å². The molecule has 4 atom stereocenters. The number of amides is 1. The maximum absolute atomic E-state index is 12.5. The van der Waals surface area contributed by atoms with Crippen molar-refractivity contribution in [1.82, 2.24) is 10.2 Å². The fraction of sp³-hybridized carbons (Fsp3) is 0.882. The number of carboxylic acid groups (broad SMARTS) is 1. The number of rotatable bonds is 4. The standard InChI is InChI=1S/C17H30N2O4/c1-11(15(20)21)18-13-8-5-7-12(13)14-9-6-10-19(14)16(22)23-17(2,3)4/h11-14,18H,5-10H2,1-4H3,(H,20,21). The highest BCUT2D eigenvalue weighted by Gasteiger charge is 2.42. The van der Waals surface area contributed by atoms with Gasteiger partial charge in [0, 0.05) is 18.6 Å². The molecule has 0 radical (unpaired) electrons. The van der Waals surface area contributed by atoms with Crippen LogP contribution in [0.25, 0.3) is 0 Å². The normalized spacial score (nSPS) is 29.6. The van der Waals surface area contributed by atoms with E-state index in [1.165, 1.54) is 0 Å². The molecule has 0 aromatic carbocycles. The van der Waals surface area contributed by atoms with Crippen molar-refractivity contribution >= 4 is 12.1 Å². The second-order valence-electron chi connectivity index (χ2n) is 7.81. The molecule has 2 aliphatic rings. The number of nitrogens with zero attached hydrogens (tertiary/aromatic N) is 1. The molecule has 1 saturated carbocycles. The molecule has 4 unspecified atom stereocenters. The molecule has 1 amide bonds. The number of carbonyl (C=O) groups excluding carboxylic acids is 1. The Kier molecular flexibility index (Phi) is 5.55. The van der Waals surface area contributed by atoms with E-state index in [0.717, 1.165) is 38.6 Å². The lowest BCUT2D eigenvalue weighted by molar-refractivity contribution is -0.139. The highest BCUT2D eigenvalue weighted by molar-refractivity contribution is 5.73. The average molecular weight is 326 g/mol. The molecule has 1 aliphatic carbocycles. The van der Waals surface area contributed by atoms with Crippen molar-refractivity contribution in [2.75, 3.05) is 6.54 Å². The van der Waals surface area contributed by atoms with Crippen LogP contribution in [0.5, 0.6) is 0 Å². The monoisotopic (exact) mass is 326 g/mol. The Hall–Kier alpha value is -1.30. The molecule has 2 fully saturated rings. The number of hydrogen-bond donors (Lipinski definition) is 2. The number of aliphatic carboxylic acids is 1. The van der Waals surface area contributed by atoms with Crippen molar-refractivity contribution in [1.29, 1.82) is 0 Å². The van der Waals surface area contributed by atoms with E-state index in [0.29, 0.717) is 5.92 Å². The number of hydrogen-bond acceptors (Lipinski definition) is 4. The van der Waals surface area contributed by atoms with Crippen LogP contribution in [-0.2, 0) is 9.53 Å². The van der Waals surface area contributed by atoms with Gasteiger partial charge in [0.2, 0.25) is 0 Å². The second kappa shape index (κ2) is 7.07. The van der Waals surface area contributed by atoms with Gasteiger partial charge in [0.25, 0.3) is 0 Å². The van der Waals surface area contributed by atoms with E-state index < -0.39 is 17.6 Å². The average Bonchev–Trinajstić information content (AvgIpc) is 3.03. The number of ether oxygens (including phenoxy) is 1. The summed E-state index contributed by atoms with van der Waals surface area (Å²) in [7, 11) is 0. The minimum absolute atomic E-state index is 0.158. The van der Waals surface area contributed by atoms with Gasteiger partial charge in [-0.15, -0.1) is 0 Å². The molecule has 0 spiro atoms. The Balaban J connectivity index is 2.03. The van der Waals surface area contributed by atoms with E-state index in [2.05, 4.69) is 5.32 Å². The summed E-state index contributed by atoms with van der Waals surface area (Å²) >= 11 is 0. The molecule has 1 saturated heterocycles. The van der Waals surface area contributed by atoms with E-state index >= 15 is 0 Å². The zero-order valence-electron chi connectivity index (χ0n) is 14.7. The van der Waals surface area contributed by atoms with Gasteiger partial charge in [-0.05, 0) is 59.3 Å². The topological polar surface area (TPSA) is 78.9 Å². The largest absolute Gasteiger partial charge is 0.480 e. The lowest BCUT2D eigenvalue weighted by Crippen LogP contribution is -2.50. The fourth-order valence-electron chi connectivity index (χ4n) is 3.83. The molecular weight excluding hydrogens is 296 g/mol. The van der Waals surface area contributed by atoms with Crippen molar-refractivity contribution in [3.8, 4) is 0 Å². The molecule has 6 nitrogen and oxygen atoms in total. The summed E-state index contributed by atoms with van der Waals surface area (Å²) < 4.78 is 5.54. The van der Waals surface area contributed by atoms with Crippen LogP contribution in [0.15, 0.2) is 0 Å². The third-order valence-corrected chi connectivity index (χ3v) is 4.83. The van der Waals surface area contributed by atoms with Gasteiger partial charge in [-0.3, -0.25) is 4.79 Å². The zero-order chi connectivity index (χ0) is 17.2. The van der Waals surface area contributed by atoms with Crippen LogP contribution in [0.2, 0.25) is 0 Å². The van der Waals surface area contributed by atoms with Crippen molar-refractivity contribution in [3.05, 3.63) is 0 Å². The lowest BCUT2D eigenvalue weighted by Gasteiger charge is -2.35. The van der Waals surface area contributed by atoms with Crippen molar-refractivity contribution in [2.45, 2.75) is 83.5 Å². The van der Waals surface area contributed by atoms with Gasteiger partial charge < -0.3 is 20.1 Å². The summed E-state index contributed by atoms with van der Waals surface area (Å²) in [5, 5.41) is 12.3. The number of carboxylic acids is 1. The Morgan fingerprint density at radius 3 is 2.52 bits per heavy atom. The first-order valence-electron chi connectivity index (χ1n) is 8.67. The van der Waals surface area contributed by atoms with Crippen molar-refractivity contribution in [3.63, 3.8) is 0 Å². The molecule has 0 aromatic rings. The quantitative estimate of drug-likeness (QED) is 0.830. The summed E-state index contributed by atoms with van der Waals surface area (Å²) in [5.74, 6) is -0.516. The SMILES string of the molecule is CC(NC1CCCC1C1CCCN1C(=O)OC(C)(C)C)C(=O)O. The first-order chi connectivity index (χ1) is 10.7. The zero-order valence-corrected chi connectivity index (χ0v) is 14.7. The van der Waals surface area contributed by atoms with Crippen LogP contribution in [0.4, 0.5) is 4.79 Å². The molecule has 132 valence electrons. The predicted octanol–water partition coefficient (Wildman–Crippen LogP) is 2.62. The summed E-state index contributed by atoms with van der Waals surface area (Å²) in [5.41, 5.74) is -0.491. The Morgan fingerprint density at radius 2 is 1.91 bits per heavy atom. The van der Waals surface area contributed by atoms with E-state index in [4.69, 9.17) is 9.84 Å². The molecule has 0 aromatic heterocycles. The van der Waals surface area contributed by atoms with Crippen LogP contribution in [0.3, 0.4) is 0 Å². The van der Waals surface area contributed by atoms with Crippen molar-refractivity contribution in [2.24, 2.45) is 5.92 Å². The Bertz CT molecular complexity index is 446. The van der Waals surface area contributed by atoms with Gasteiger partial charge in [0.15, 0.2) is 0 Å². The minimum atomic E-state index is -0.828. The lowest BCUT2D eigenvalue weighted by atomic mass is 9.92. The maximum atomic E-state index is 12.5. The predicted molar refractivity (Wildman–Crippen MR) is 87.3 cm³/mol. The number of carbonyl (C=O) groups is 2. The smallest absolute Gasteiger partial charge is 0.410 e. The van der Waals surface area contributed by atoms with E-state index in [-0.39, 0.29) is 18.2 Å². The Labute approximate surface area is 138 Å². The summed E-state index contributed by atoms with van der Waals surface area (Å²) in [6, 6.07) is -0.239. The number of likely N-dealkylation sites (tertiary alicyclic amines) is 1. The summed E-state index contributed by atoms with van der Waals surface area (Å²) in [4.78, 5) is 25.4. The van der Waals surface area contributed by atoms with Crippen LogP contribution >= 0.6 is 0 Å². The fourth-order valence-corrected chi connectivity index (χ4v) is 3.83. The molecule has 2 rings (SSSR count). The molecule has 1 heterocycles. The van der Waals surface area contributed by atoms with Gasteiger partial charge in [-0.2, -0.15) is 0 Å². The van der Waals surface area contributed by atoms with Gasteiger partial charge in [-0.25, -0.2) is 4.79 Å². The maximum Gasteiger partial charge on any atom is 0.410 e. The van der Waals surface area contributed by atoms with Gasteiger partial charge in [0.05, 0.1) is 0 Å². The van der Waals surface area contributed by atoms with E-state index in [9.17, 15) is 9.59 Å². The molecule has 1 aliphatic heterocycles. The third kappa shape index (κ3) is 4.59. The first kappa shape index (κ1) is 18.0. The van der Waals surface area contributed by atoms with Gasteiger partial charge >= 0.3 is 12.1 Å². The third-order valence-electron chi connectivity index (χ3n) is 4.83. The second-order valence-corrected chi connectivity index (χ2v) is 7.81. The molecule has 23 heavy (non-hydrogen) atoms. The highest BCUT2D eigenvalue weighted by Crippen LogP contribution is 2.36.